The predicted molar refractivity (Wildman–Crippen MR) is 18.5 cm³/mol. The molecule has 0 amide bonds. The number of hydrogen-bond donors (Lipinski definition) is 0. The first kappa shape index (κ1) is 43.0. The van der Waals surface area contributed by atoms with Gasteiger partial charge in [-0.25, -0.2) is 0 Å². The van der Waals surface area contributed by atoms with Crippen molar-refractivity contribution >= 4 is 40.4 Å². The molecule has 5 heavy (non-hydrogen) atoms. The third-order valence-corrected chi connectivity index (χ3v) is 0. The summed E-state index contributed by atoms with van der Waals surface area (Å²) >= 11 is 0. The topological polar surface area (TPSA) is 0 Å². The summed E-state index contributed by atoms with van der Waals surface area (Å²) in [6.07, 6.45) is 0. The van der Waals surface area contributed by atoms with Gasteiger partial charge in [0.15, 0.2) is 17.4 Å². The summed E-state index contributed by atoms with van der Waals surface area (Å²) in [5.41, 5.74) is 0. The molecule has 0 N–H and O–H groups in total. The van der Waals surface area contributed by atoms with Gasteiger partial charge < -0.3 is 0 Å². The summed E-state index contributed by atoms with van der Waals surface area (Å²) in [5, 5.41) is 0. The largest absolute Gasteiger partial charge is 0.316 e. The molecular formula is H5AlCuMgMnTi. The van der Waals surface area contributed by atoms with E-state index in [0.717, 1.165) is 0 Å². The summed E-state index contributed by atoms with van der Waals surface area (Å²) in [7, 11) is 0. The summed E-state index contributed by atoms with van der Waals surface area (Å²) < 4.78 is 0. The van der Waals surface area contributed by atoms with Crippen molar-refractivity contribution in [3.63, 3.8) is 0 Å². The molecule has 0 atom stereocenters. The first-order valence-electron chi connectivity index (χ1n) is 0. The molecular weight excluding hydrogens is 218 g/mol. The molecule has 0 aliphatic heterocycles. The SMILES string of the molecule is [AlH3].[Cu].[MgH2].[Mn].[Ti]. The zero-order chi connectivity index (χ0) is 0. The molecule has 5 heteroatoms. The molecule has 0 aromatic rings. The second kappa shape index (κ2) is 27.7. The van der Waals surface area contributed by atoms with Crippen molar-refractivity contribution in [1.29, 1.82) is 0 Å². The van der Waals surface area contributed by atoms with E-state index in [4.69, 9.17) is 0 Å². The van der Waals surface area contributed by atoms with Gasteiger partial charge >= 0.3 is 23.1 Å². The minimum Gasteiger partial charge on any atom is 0 e. The molecule has 0 fully saturated rings. The summed E-state index contributed by atoms with van der Waals surface area (Å²) in [6.45, 7) is 0. The van der Waals surface area contributed by atoms with Crippen molar-refractivity contribution in [1.82, 2.24) is 0 Å². The smallest absolute Gasteiger partial charge is 0 e. The molecule has 0 saturated heterocycles. The minimum absolute atomic E-state index is 0. The molecule has 0 aromatic carbocycles. The van der Waals surface area contributed by atoms with Crippen LogP contribution >= 0.6 is 0 Å². The first-order chi connectivity index (χ1) is 0. The Morgan fingerprint density at radius 3 is 1.00 bits per heavy atom. The van der Waals surface area contributed by atoms with Crippen LogP contribution in [0.25, 0.3) is 0 Å². The van der Waals surface area contributed by atoms with Gasteiger partial charge in [0.25, 0.3) is 0 Å². The van der Waals surface area contributed by atoms with E-state index in [1.54, 1.807) is 0 Å². The molecule has 32 valence electrons. The maximum absolute atomic E-state index is 0. The third kappa shape index (κ3) is 19.3. The minimum atomic E-state index is 0. The Morgan fingerprint density at radius 2 is 1.00 bits per heavy atom. The average Bonchev–Trinajstić information content (AvgIpc) is 0. The fourth-order valence-electron chi connectivity index (χ4n) is 0. The number of hydrogen-bond acceptors (Lipinski definition) is 0. The van der Waals surface area contributed by atoms with Crippen LogP contribution in [-0.4, -0.2) is 40.4 Å². The molecule has 0 nitrogen and oxygen atoms in total. The molecule has 0 saturated carbocycles. The van der Waals surface area contributed by atoms with Gasteiger partial charge in [-0.3, -0.25) is 0 Å². The van der Waals surface area contributed by atoms with Gasteiger partial charge in [-0.2, -0.15) is 0 Å². The monoisotopic (exact) mass is 222 g/mol. The van der Waals surface area contributed by atoms with Crippen LogP contribution in [0.3, 0.4) is 0 Å². The van der Waals surface area contributed by atoms with Crippen LogP contribution in [0.1, 0.15) is 0 Å². The maximum atomic E-state index is 0. The second-order valence-corrected chi connectivity index (χ2v) is 0. The Labute approximate surface area is 94.7 Å². The summed E-state index contributed by atoms with van der Waals surface area (Å²) in [4.78, 5) is 0. The maximum Gasteiger partial charge on any atom is 0.316 e. The van der Waals surface area contributed by atoms with Gasteiger partial charge in [0.2, 0.25) is 0 Å². The van der Waals surface area contributed by atoms with Gasteiger partial charge in [-0.1, -0.05) is 0 Å². The van der Waals surface area contributed by atoms with Crippen LogP contribution in [0.4, 0.5) is 0 Å². The van der Waals surface area contributed by atoms with Gasteiger partial charge in [0.1, 0.15) is 0 Å². The molecule has 0 spiro atoms. The van der Waals surface area contributed by atoms with E-state index < -0.39 is 0 Å². The first-order valence-corrected chi connectivity index (χ1v) is 0. The van der Waals surface area contributed by atoms with E-state index in [1.165, 1.54) is 0 Å². The van der Waals surface area contributed by atoms with Crippen molar-refractivity contribution in [3.8, 4) is 0 Å². The van der Waals surface area contributed by atoms with E-state index in [9.17, 15) is 0 Å². The Balaban J connectivity index is 0. The van der Waals surface area contributed by atoms with Gasteiger partial charge in [-0.05, 0) is 0 Å². The van der Waals surface area contributed by atoms with Gasteiger partial charge in [0, 0.05) is 55.9 Å². The van der Waals surface area contributed by atoms with Gasteiger partial charge in [-0.15, -0.1) is 0 Å². The molecule has 0 aliphatic carbocycles. The molecule has 0 rings (SSSR count). The molecule has 0 unspecified atom stereocenters. The van der Waals surface area contributed by atoms with Crippen molar-refractivity contribution in [3.05, 3.63) is 0 Å². The fraction of sp³-hybridized carbons (Fsp3) is 0. The van der Waals surface area contributed by atoms with Crippen LogP contribution in [0.2, 0.25) is 0 Å². The third-order valence-electron chi connectivity index (χ3n) is 0. The quantitative estimate of drug-likeness (QED) is 0.412. The van der Waals surface area contributed by atoms with Crippen molar-refractivity contribution in [2.75, 3.05) is 0 Å². The standard InChI is InChI=1S/Al.Cu.Mg.Mn.Ti.5H. The molecule has 0 aromatic heterocycles. The molecule has 0 heterocycles. The number of rotatable bonds is 0. The van der Waals surface area contributed by atoms with E-state index in [0.29, 0.717) is 0 Å². The van der Waals surface area contributed by atoms with E-state index >= 15 is 0 Å². The Hall–Kier alpha value is 3.05. The molecule has 0 aliphatic rings. The van der Waals surface area contributed by atoms with Crippen LogP contribution in [0.15, 0.2) is 0 Å². The van der Waals surface area contributed by atoms with Crippen LogP contribution < -0.4 is 0 Å². The second-order valence-electron chi connectivity index (χ2n) is 0. The summed E-state index contributed by atoms with van der Waals surface area (Å²) in [5.74, 6) is 0. The van der Waals surface area contributed by atoms with Crippen molar-refractivity contribution in [2.24, 2.45) is 0 Å². The Bertz CT molecular complexity index is 11.6. The normalized spacial score (nSPS) is 0. The van der Waals surface area contributed by atoms with Crippen molar-refractivity contribution < 1.29 is 55.9 Å². The van der Waals surface area contributed by atoms with Crippen LogP contribution in [-0.2, 0) is 55.9 Å². The molecule has 0 bridgehead atoms. The van der Waals surface area contributed by atoms with Crippen LogP contribution in [0.5, 0.6) is 0 Å². The van der Waals surface area contributed by atoms with E-state index in [-0.39, 0.29) is 96.3 Å². The zero-order valence-electron chi connectivity index (χ0n) is 1.18. The summed E-state index contributed by atoms with van der Waals surface area (Å²) in [6, 6.07) is 0. The fourth-order valence-corrected chi connectivity index (χ4v) is 0. The van der Waals surface area contributed by atoms with E-state index in [2.05, 4.69) is 0 Å². The van der Waals surface area contributed by atoms with E-state index in [1.807, 2.05) is 0 Å². The Morgan fingerprint density at radius 1 is 1.00 bits per heavy atom. The van der Waals surface area contributed by atoms with Crippen LogP contribution in [0, 0.1) is 0 Å². The van der Waals surface area contributed by atoms with Crippen molar-refractivity contribution in [2.45, 2.75) is 0 Å². The average molecular weight is 223 g/mol. The predicted octanol–water partition coefficient (Wildman–Crippen LogP) is -2.11. The van der Waals surface area contributed by atoms with Gasteiger partial charge in [0.05, 0.1) is 0 Å². The Kier molecular flexibility index (Phi) is 238. The molecule has 2 radical (unpaired) electrons. The zero-order valence-corrected chi connectivity index (χ0v) is 4.86.